The molecular weight excluding hydrogens is 250 g/mol. The zero-order chi connectivity index (χ0) is 14.3. The van der Waals surface area contributed by atoms with Crippen LogP contribution in [0.2, 0.25) is 0 Å². The van der Waals surface area contributed by atoms with E-state index in [2.05, 4.69) is 24.1 Å². The third-order valence-electron chi connectivity index (χ3n) is 5.94. The van der Waals surface area contributed by atoms with Crippen LogP contribution in [-0.2, 0) is 4.79 Å². The first-order chi connectivity index (χ1) is 9.52. The van der Waals surface area contributed by atoms with Gasteiger partial charge in [-0.05, 0) is 49.9 Å². The van der Waals surface area contributed by atoms with Gasteiger partial charge in [-0.15, -0.1) is 0 Å². The number of nitrogens with zero attached hydrogens (tertiary/aromatic N) is 1. The molecule has 2 bridgehead atoms. The molecule has 0 spiro atoms. The Morgan fingerprint density at radius 1 is 1.35 bits per heavy atom. The Morgan fingerprint density at radius 2 is 2.15 bits per heavy atom. The number of hydrogen-bond donors (Lipinski definition) is 2. The molecule has 1 heterocycles. The third-order valence-corrected chi connectivity index (χ3v) is 5.94. The van der Waals surface area contributed by atoms with Gasteiger partial charge < -0.3 is 11.1 Å². The van der Waals surface area contributed by atoms with Crippen molar-refractivity contribution in [1.82, 2.24) is 10.2 Å². The van der Waals surface area contributed by atoms with Gasteiger partial charge in [0.15, 0.2) is 0 Å². The summed E-state index contributed by atoms with van der Waals surface area (Å²) in [5.74, 6) is 3.22. The summed E-state index contributed by atoms with van der Waals surface area (Å²) < 4.78 is 0. The molecule has 1 saturated heterocycles. The topological polar surface area (TPSA) is 58.4 Å². The number of fused-ring (bicyclic) bond motifs is 2. The Balaban J connectivity index is 1.45. The van der Waals surface area contributed by atoms with Crippen molar-refractivity contribution in [2.75, 3.05) is 19.6 Å². The van der Waals surface area contributed by atoms with Crippen LogP contribution in [0.15, 0.2) is 0 Å². The molecule has 3 rings (SSSR count). The molecule has 0 radical (unpaired) electrons. The van der Waals surface area contributed by atoms with E-state index in [-0.39, 0.29) is 11.9 Å². The predicted octanol–water partition coefficient (Wildman–Crippen LogP) is 1.21. The first-order valence-corrected chi connectivity index (χ1v) is 8.30. The van der Waals surface area contributed by atoms with Gasteiger partial charge in [0.1, 0.15) is 0 Å². The molecule has 0 aromatic heterocycles. The Labute approximate surface area is 122 Å². The summed E-state index contributed by atoms with van der Waals surface area (Å²) >= 11 is 0. The van der Waals surface area contributed by atoms with E-state index in [1.807, 2.05) is 0 Å². The Kier molecular flexibility index (Phi) is 4.04. The zero-order valence-corrected chi connectivity index (χ0v) is 12.8. The summed E-state index contributed by atoms with van der Waals surface area (Å²) in [5, 5.41) is 3.24. The van der Waals surface area contributed by atoms with Crippen molar-refractivity contribution in [3.63, 3.8) is 0 Å². The second kappa shape index (κ2) is 5.64. The van der Waals surface area contributed by atoms with Gasteiger partial charge in [0.2, 0.25) is 5.91 Å². The molecule has 1 aliphatic heterocycles. The van der Waals surface area contributed by atoms with Gasteiger partial charge in [0, 0.05) is 25.2 Å². The number of nitrogens with one attached hydrogen (secondary N) is 1. The van der Waals surface area contributed by atoms with Crippen LogP contribution in [0, 0.1) is 23.7 Å². The van der Waals surface area contributed by atoms with Gasteiger partial charge in [-0.25, -0.2) is 0 Å². The van der Waals surface area contributed by atoms with Crippen LogP contribution in [0.4, 0.5) is 0 Å². The van der Waals surface area contributed by atoms with Crippen molar-refractivity contribution in [3.8, 4) is 0 Å². The Hall–Kier alpha value is -0.610. The molecule has 6 atom stereocenters. The van der Waals surface area contributed by atoms with Gasteiger partial charge in [-0.2, -0.15) is 0 Å². The van der Waals surface area contributed by atoms with E-state index < -0.39 is 0 Å². The van der Waals surface area contributed by atoms with Crippen molar-refractivity contribution in [2.24, 2.45) is 29.4 Å². The molecule has 6 unspecified atom stereocenters. The lowest BCUT2D eigenvalue weighted by molar-refractivity contribution is -0.123. The lowest BCUT2D eigenvalue weighted by Gasteiger charge is -2.29. The summed E-state index contributed by atoms with van der Waals surface area (Å²) in [6.45, 7) is 6.69. The van der Waals surface area contributed by atoms with Gasteiger partial charge in [0.25, 0.3) is 0 Å². The molecule has 3 N–H and O–H groups in total. The van der Waals surface area contributed by atoms with Gasteiger partial charge in [-0.3, -0.25) is 9.69 Å². The minimum atomic E-state index is 0.182. The SMILES string of the molecule is CC1CN(CC(=O)NC(C)C2CC3CCC2C3)CC1N. The number of likely N-dealkylation sites (tertiary alicyclic amines) is 1. The highest BCUT2D eigenvalue weighted by Gasteiger charge is 2.42. The lowest BCUT2D eigenvalue weighted by Crippen LogP contribution is -2.44. The van der Waals surface area contributed by atoms with Gasteiger partial charge in [0.05, 0.1) is 6.54 Å². The standard InChI is InChI=1S/C16H29N3O/c1-10-7-19(8-15(10)17)9-16(20)18-11(2)14-6-12-3-4-13(14)5-12/h10-15H,3-9,17H2,1-2H3,(H,18,20). The first kappa shape index (κ1) is 14.3. The fraction of sp³-hybridized carbons (Fsp3) is 0.938. The van der Waals surface area contributed by atoms with E-state index in [0.29, 0.717) is 18.5 Å². The molecule has 4 heteroatoms. The maximum Gasteiger partial charge on any atom is 0.234 e. The first-order valence-electron chi connectivity index (χ1n) is 8.30. The minimum Gasteiger partial charge on any atom is -0.352 e. The molecule has 1 amide bonds. The number of carbonyl (C=O) groups excluding carboxylic acids is 1. The molecule has 0 aromatic rings. The van der Waals surface area contributed by atoms with Gasteiger partial charge >= 0.3 is 0 Å². The average molecular weight is 279 g/mol. The van der Waals surface area contributed by atoms with Gasteiger partial charge in [-0.1, -0.05) is 13.3 Å². The normalized spacial score (nSPS) is 42.0. The highest BCUT2D eigenvalue weighted by Crippen LogP contribution is 2.49. The predicted molar refractivity (Wildman–Crippen MR) is 80.1 cm³/mol. The molecule has 4 nitrogen and oxygen atoms in total. The molecule has 20 heavy (non-hydrogen) atoms. The fourth-order valence-corrected chi connectivity index (χ4v) is 4.74. The highest BCUT2D eigenvalue weighted by molar-refractivity contribution is 5.78. The molecule has 0 aromatic carbocycles. The van der Waals surface area contributed by atoms with Crippen molar-refractivity contribution >= 4 is 5.91 Å². The largest absolute Gasteiger partial charge is 0.352 e. The van der Waals surface area contributed by atoms with Crippen molar-refractivity contribution in [3.05, 3.63) is 0 Å². The van der Waals surface area contributed by atoms with Crippen molar-refractivity contribution in [2.45, 2.75) is 51.6 Å². The second-order valence-corrected chi connectivity index (χ2v) is 7.53. The van der Waals surface area contributed by atoms with Crippen LogP contribution in [0.1, 0.15) is 39.5 Å². The number of hydrogen-bond acceptors (Lipinski definition) is 3. The van der Waals surface area contributed by atoms with Crippen LogP contribution in [0.25, 0.3) is 0 Å². The lowest BCUT2D eigenvalue weighted by atomic mass is 9.84. The van der Waals surface area contributed by atoms with Crippen LogP contribution < -0.4 is 11.1 Å². The van der Waals surface area contributed by atoms with E-state index in [9.17, 15) is 4.79 Å². The molecule has 114 valence electrons. The van der Waals surface area contributed by atoms with E-state index in [1.165, 1.54) is 25.7 Å². The molecular formula is C16H29N3O. The fourth-order valence-electron chi connectivity index (χ4n) is 4.74. The second-order valence-electron chi connectivity index (χ2n) is 7.53. The summed E-state index contributed by atoms with van der Waals surface area (Å²) in [7, 11) is 0. The quantitative estimate of drug-likeness (QED) is 0.813. The molecule has 3 aliphatic rings. The number of nitrogens with two attached hydrogens (primary N) is 1. The van der Waals surface area contributed by atoms with E-state index >= 15 is 0 Å². The maximum absolute atomic E-state index is 12.2. The van der Waals surface area contributed by atoms with E-state index in [0.717, 1.165) is 30.8 Å². The van der Waals surface area contributed by atoms with Crippen molar-refractivity contribution < 1.29 is 4.79 Å². The molecule has 2 saturated carbocycles. The number of rotatable bonds is 4. The van der Waals surface area contributed by atoms with Crippen LogP contribution in [0.5, 0.6) is 0 Å². The van der Waals surface area contributed by atoms with Crippen molar-refractivity contribution in [1.29, 1.82) is 0 Å². The summed E-state index contributed by atoms with van der Waals surface area (Å²) in [4.78, 5) is 14.4. The van der Waals surface area contributed by atoms with E-state index in [1.54, 1.807) is 0 Å². The maximum atomic E-state index is 12.2. The summed E-state index contributed by atoms with van der Waals surface area (Å²) in [5.41, 5.74) is 6.01. The number of amides is 1. The third kappa shape index (κ3) is 2.86. The smallest absolute Gasteiger partial charge is 0.234 e. The van der Waals surface area contributed by atoms with E-state index in [4.69, 9.17) is 5.73 Å². The van der Waals surface area contributed by atoms with Crippen LogP contribution in [-0.4, -0.2) is 42.5 Å². The molecule has 3 fully saturated rings. The Morgan fingerprint density at radius 3 is 2.70 bits per heavy atom. The number of carbonyl (C=O) groups is 1. The summed E-state index contributed by atoms with van der Waals surface area (Å²) in [6, 6.07) is 0.567. The minimum absolute atomic E-state index is 0.182. The Bertz CT molecular complexity index is 363. The van der Waals surface area contributed by atoms with Crippen LogP contribution >= 0.6 is 0 Å². The summed E-state index contributed by atoms with van der Waals surface area (Å²) in [6.07, 6.45) is 5.54. The molecule has 2 aliphatic carbocycles. The van der Waals surface area contributed by atoms with Crippen LogP contribution in [0.3, 0.4) is 0 Å². The zero-order valence-electron chi connectivity index (χ0n) is 12.8. The highest BCUT2D eigenvalue weighted by atomic mass is 16.2. The monoisotopic (exact) mass is 279 g/mol. The average Bonchev–Trinajstić information content (AvgIpc) is 3.06.